The molecule has 0 unspecified atom stereocenters. The van der Waals surface area contributed by atoms with Crippen LogP contribution in [-0.2, 0) is 25.6 Å². The average Bonchev–Trinajstić information content (AvgIpc) is 2.65. The van der Waals surface area contributed by atoms with Gasteiger partial charge in [0.25, 0.3) is 0 Å². The maximum absolute atomic E-state index is 12.6. The van der Waals surface area contributed by atoms with Crippen molar-refractivity contribution >= 4 is 18.2 Å². The molecule has 1 atom stereocenters. The molecule has 154 valence electrons. The summed E-state index contributed by atoms with van der Waals surface area (Å²) in [6.07, 6.45) is -1.03. The lowest BCUT2D eigenvalue weighted by Crippen LogP contribution is -2.57. The summed E-state index contributed by atoms with van der Waals surface area (Å²) in [5.41, 5.74) is 0.244. The number of hydrogen-bond donors (Lipinski definition) is 0. The van der Waals surface area contributed by atoms with Gasteiger partial charge in [0.1, 0.15) is 12.2 Å². The molecule has 1 fully saturated rings. The maximum Gasteiger partial charge on any atom is 0.410 e. The Morgan fingerprint density at radius 2 is 1.75 bits per heavy atom. The first-order valence-electron chi connectivity index (χ1n) is 9.21. The predicted octanol–water partition coefficient (Wildman–Crippen LogP) is 2.81. The van der Waals surface area contributed by atoms with Crippen molar-refractivity contribution in [1.82, 2.24) is 9.80 Å². The van der Waals surface area contributed by atoms with Gasteiger partial charge in [0.05, 0.1) is 19.6 Å². The van der Waals surface area contributed by atoms with Gasteiger partial charge in [-0.25, -0.2) is 9.59 Å². The SMILES string of the molecule is COC(=O)C[C@H]1CN(C(=O)OC(C)(C)C)CCN1C(=O)OCc1ccccc1. The highest BCUT2D eigenvalue weighted by molar-refractivity contribution is 5.74. The van der Waals surface area contributed by atoms with Crippen LogP contribution in [0.15, 0.2) is 30.3 Å². The number of hydrogen-bond acceptors (Lipinski definition) is 6. The van der Waals surface area contributed by atoms with Crippen molar-refractivity contribution in [2.45, 2.75) is 45.4 Å². The van der Waals surface area contributed by atoms with Crippen LogP contribution in [0.4, 0.5) is 9.59 Å². The zero-order chi connectivity index (χ0) is 20.7. The minimum atomic E-state index is -0.624. The third-order valence-corrected chi connectivity index (χ3v) is 4.20. The van der Waals surface area contributed by atoms with Gasteiger partial charge >= 0.3 is 18.2 Å². The topological polar surface area (TPSA) is 85.4 Å². The highest BCUT2D eigenvalue weighted by Gasteiger charge is 2.36. The number of ether oxygens (including phenoxy) is 3. The van der Waals surface area contributed by atoms with E-state index in [1.54, 1.807) is 20.8 Å². The van der Waals surface area contributed by atoms with Crippen LogP contribution in [0.25, 0.3) is 0 Å². The molecular formula is C20H28N2O6. The van der Waals surface area contributed by atoms with E-state index in [0.717, 1.165) is 5.56 Å². The zero-order valence-corrected chi connectivity index (χ0v) is 16.8. The van der Waals surface area contributed by atoms with Gasteiger partial charge in [-0.15, -0.1) is 0 Å². The number of carbonyl (C=O) groups excluding carboxylic acids is 3. The van der Waals surface area contributed by atoms with E-state index in [2.05, 4.69) is 0 Å². The smallest absolute Gasteiger partial charge is 0.410 e. The molecule has 1 aromatic rings. The zero-order valence-electron chi connectivity index (χ0n) is 16.8. The van der Waals surface area contributed by atoms with E-state index in [0.29, 0.717) is 6.54 Å². The van der Waals surface area contributed by atoms with Crippen LogP contribution in [0.3, 0.4) is 0 Å². The van der Waals surface area contributed by atoms with Gasteiger partial charge in [0, 0.05) is 19.6 Å². The Kier molecular flexibility index (Phi) is 7.25. The molecule has 8 nitrogen and oxygen atoms in total. The molecule has 0 saturated carbocycles. The molecule has 0 bridgehead atoms. The van der Waals surface area contributed by atoms with Crippen molar-refractivity contribution in [3.63, 3.8) is 0 Å². The van der Waals surface area contributed by atoms with E-state index in [1.165, 1.54) is 16.9 Å². The van der Waals surface area contributed by atoms with Crippen molar-refractivity contribution in [2.75, 3.05) is 26.7 Å². The monoisotopic (exact) mass is 392 g/mol. The Labute approximate surface area is 165 Å². The molecular weight excluding hydrogens is 364 g/mol. The molecule has 1 saturated heterocycles. The first-order valence-corrected chi connectivity index (χ1v) is 9.21. The number of rotatable bonds is 4. The van der Waals surface area contributed by atoms with Crippen LogP contribution in [0, 0.1) is 0 Å². The summed E-state index contributed by atoms with van der Waals surface area (Å²) in [7, 11) is 1.29. The van der Waals surface area contributed by atoms with Crippen LogP contribution >= 0.6 is 0 Å². The van der Waals surface area contributed by atoms with Crippen molar-refractivity contribution in [2.24, 2.45) is 0 Å². The third-order valence-electron chi connectivity index (χ3n) is 4.20. The number of nitrogens with zero attached hydrogens (tertiary/aromatic N) is 2. The van der Waals surface area contributed by atoms with Crippen LogP contribution in [-0.4, -0.2) is 66.3 Å². The largest absolute Gasteiger partial charge is 0.469 e. The average molecular weight is 392 g/mol. The van der Waals surface area contributed by atoms with Crippen molar-refractivity contribution in [3.05, 3.63) is 35.9 Å². The van der Waals surface area contributed by atoms with Crippen LogP contribution in [0.5, 0.6) is 0 Å². The lowest BCUT2D eigenvalue weighted by Gasteiger charge is -2.40. The Hall–Kier alpha value is -2.77. The molecule has 0 radical (unpaired) electrons. The molecule has 1 aliphatic rings. The van der Waals surface area contributed by atoms with Gasteiger partial charge in [-0.1, -0.05) is 30.3 Å². The molecule has 0 aromatic heterocycles. The van der Waals surface area contributed by atoms with Gasteiger partial charge in [0.2, 0.25) is 0 Å². The van der Waals surface area contributed by atoms with Crippen LogP contribution in [0.1, 0.15) is 32.8 Å². The highest BCUT2D eigenvalue weighted by Crippen LogP contribution is 2.19. The second kappa shape index (κ2) is 9.43. The number of esters is 1. The lowest BCUT2D eigenvalue weighted by molar-refractivity contribution is -0.142. The minimum Gasteiger partial charge on any atom is -0.469 e. The van der Waals surface area contributed by atoms with Gasteiger partial charge in [-0.2, -0.15) is 0 Å². The summed E-state index contributed by atoms with van der Waals surface area (Å²) in [5, 5.41) is 0. The molecule has 0 spiro atoms. The predicted molar refractivity (Wildman–Crippen MR) is 102 cm³/mol. The number of amides is 2. The van der Waals surface area contributed by atoms with E-state index in [-0.39, 0.29) is 26.1 Å². The summed E-state index contributed by atoms with van der Waals surface area (Å²) in [4.78, 5) is 39.7. The second-order valence-electron chi connectivity index (χ2n) is 7.59. The molecule has 1 aliphatic heterocycles. The summed E-state index contributed by atoms with van der Waals surface area (Å²) >= 11 is 0. The molecule has 1 aromatic carbocycles. The normalized spacial score (nSPS) is 17.1. The van der Waals surface area contributed by atoms with Gasteiger partial charge in [-0.05, 0) is 26.3 Å². The number of benzene rings is 1. The summed E-state index contributed by atoms with van der Waals surface area (Å²) in [6, 6.07) is 8.79. The van der Waals surface area contributed by atoms with Crippen molar-refractivity contribution in [3.8, 4) is 0 Å². The number of carbonyl (C=O) groups is 3. The van der Waals surface area contributed by atoms with E-state index < -0.39 is 29.8 Å². The molecule has 2 rings (SSSR count). The highest BCUT2D eigenvalue weighted by atomic mass is 16.6. The Morgan fingerprint density at radius 3 is 2.36 bits per heavy atom. The van der Waals surface area contributed by atoms with E-state index in [4.69, 9.17) is 14.2 Å². The Bertz CT molecular complexity index is 686. The first kappa shape index (κ1) is 21.5. The summed E-state index contributed by atoms with van der Waals surface area (Å²) < 4.78 is 15.5. The Balaban J connectivity index is 2.02. The van der Waals surface area contributed by atoms with Crippen LogP contribution < -0.4 is 0 Å². The molecule has 0 N–H and O–H groups in total. The fourth-order valence-corrected chi connectivity index (χ4v) is 2.84. The van der Waals surface area contributed by atoms with E-state index in [1.807, 2.05) is 30.3 Å². The Morgan fingerprint density at radius 1 is 1.07 bits per heavy atom. The standard InChI is InChI=1S/C20H28N2O6/c1-20(2,3)28-18(24)21-10-11-22(16(13-21)12-17(23)26-4)19(25)27-14-15-8-6-5-7-9-15/h5-9,16H,10-14H2,1-4H3/t16-/m0/s1. The summed E-state index contributed by atoms with van der Waals surface area (Å²) in [5.74, 6) is -0.461. The fourth-order valence-electron chi connectivity index (χ4n) is 2.84. The molecule has 1 heterocycles. The molecule has 8 heteroatoms. The molecule has 28 heavy (non-hydrogen) atoms. The second-order valence-corrected chi connectivity index (χ2v) is 7.59. The van der Waals surface area contributed by atoms with Crippen molar-refractivity contribution in [1.29, 1.82) is 0 Å². The summed E-state index contributed by atoms with van der Waals surface area (Å²) in [6.45, 7) is 6.21. The van der Waals surface area contributed by atoms with Gasteiger partial charge in [-0.3, -0.25) is 4.79 Å². The minimum absolute atomic E-state index is 0.0315. The van der Waals surface area contributed by atoms with E-state index in [9.17, 15) is 14.4 Å². The fraction of sp³-hybridized carbons (Fsp3) is 0.550. The van der Waals surface area contributed by atoms with Gasteiger partial charge in [0.15, 0.2) is 0 Å². The first-order chi connectivity index (χ1) is 13.2. The van der Waals surface area contributed by atoms with Crippen LogP contribution in [0.2, 0.25) is 0 Å². The number of methoxy groups -OCH3 is 1. The quantitative estimate of drug-likeness (QED) is 0.579. The van der Waals surface area contributed by atoms with E-state index >= 15 is 0 Å². The lowest BCUT2D eigenvalue weighted by atomic mass is 10.1. The third kappa shape index (κ3) is 6.44. The van der Waals surface area contributed by atoms with Gasteiger partial charge < -0.3 is 24.0 Å². The van der Waals surface area contributed by atoms with Crippen molar-refractivity contribution < 1.29 is 28.6 Å². The molecule has 0 aliphatic carbocycles. The maximum atomic E-state index is 12.6. The number of piperazine rings is 1. The molecule has 2 amide bonds.